The third-order valence-corrected chi connectivity index (χ3v) is 2.02. The highest BCUT2D eigenvalue weighted by Crippen LogP contribution is 2.09. The first-order valence-corrected chi connectivity index (χ1v) is 5.12. The van der Waals surface area contributed by atoms with Gasteiger partial charge in [-0.25, -0.2) is 0 Å². The van der Waals surface area contributed by atoms with Crippen LogP contribution in [0.3, 0.4) is 0 Å². The summed E-state index contributed by atoms with van der Waals surface area (Å²) in [6, 6.07) is 6.82. The minimum Gasteiger partial charge on any atom is -0.392 e. The zero-order valence-electron chi connectivity index (χ0n) is 9.27. The standard InChI is InChI=1S/C11H15N3O3/c12-5-10(16)13-6-11(17)14-9-3-1-2-8(4-9)7-15/h1-4,15H,5-7,12H2,(H,13,16)(H,14,17). The number of nitrogens with two attached hydrogens (primary N) is 1. The maximum atomic E-state index is 11.4. The number of benzene rings is 1. The first-order valence-electron chi connectivity index (χ1n) is 5.12. The van der Waals surface area contributed by atoms with Crippen molar-refractivity contribution in [1.82, 2.24) is 5.32 Å². The number of nitrogens with one attached hydrogen (secondary N) is 2. The predicted molar refractivity (Wildman–Crippen MR) is 63.1 cm³/mol. The third-order valence-electron chi connectivity index (χ3n) is 2.02. The summed E-state index contributed by atoms with van der Waals surface area (Å²) in [5.41, 5.74) is 6.35. The van der Waals surface area contributed by atoms with E-state index in [1.165, 1.54) is 0 Å². The van der Waals surface area contributed by atoms with Crippen molar-refractivity contribution >= 4 is 17.5 Å². The molecule has 0 aromatic heterocycles. The van der Waals surface area contributed by atoms with Gasteiger partial charge >= 0.3 is 0 Å². The summed E-state index contributed by atoms with van der Waals surface area (Å²) in [5, 5.41) is 13.9. The lowest BCUT2D eigenvalue weighted by molar-refractivity contribution is -0.123. The molecule has 6 heteroatoms. The van der Waals surface area contributed by atoms with Crippen LogP contribution in [0.15, 0.2) is 24.3 Å². The largest absolute Gasteiger partial charge is 0.392 e. The first kappa shape index (κ1) is 13.1. The zero-order chi connectivity index (χ0) is 12.7. The van der Waals surface area contributed by atoms with Crippen LogP contribution in [0.25, 0.3) is 0 Å². The molecular formula is C11H15N3O3. The van der Waals surface area contributed by atoms with Crippen LogP contribution < -0.4 is 16.4 Å². The van der Waals surface area contributed by atoms with Gasteiger partial charge in [-0.1, -0.05) is 12.1 Å². The molecule has 1 rings (SSSR count). The van der Waals surface area contributed by atoms with Crippen LogP contribution >= 0.6 is 0 Å². The molecular weight excluding hydrogens is 222 g/mol. The van der Waals surface area contributed by atoms with Crippen LogP contribution in [0.2, 0.25) is 0 Å². The molecule has 0 bridgehead atoms. The van der Waals surface area contributed by atoms with Crippen molar-refractivity contribution < 1.29 is 14.7 Å². The molecule has 92 valence electrons. The molecule has 0 aliphatic rings. The molecule has 5 N–H and O–H groups in total. The van der Waals surface area contributed by atoms with Crippen LogP contribution in [0.4, 0.5) is 5.69 Å². The number of amides is 2. The Labute approximate surface area is 98.8 Å². The fourth-order valence-corrected chi connectivity index (χ4v) is 1.20. The number of rotatable bonds is 5. The number of anilines is 1. The summed E-state index contributed by atoms with van der Waals surface area (Å²) in [7, 11) is 0. The van der Waals surface area contributed by atoms with E-state index in [1.54, 1.807) is 24.3 Å². The van der Waals surface area contributed by atoms with Crippen molar-refractivity contribution in [3.05, 3.63) is 29.8 Å². The molecule has 0 aliphatic heterocycles. The number of carbonyl (C=O) groups is 2. The molecule has 0 radical (unpaired) electrons. The number of hydrogen-bond donors (Lipinski definition) is 4. The number of aliphatic hydroxyl groups is 1. The van der Waals surface area contributed by atoms with Gasteiger partial charge in [-0.3, -0.25) is 9.59 Å². The summed E-state index contributed by atoms with van der Waals surface area (Å²) in [6.07, 6.45) is 0. The second kappa shape index (κ2) is 6.62. The van der Waals surface area contributed by atoms with Crippen LogP contribution in [0, 0.1) is 0 Å². The van der Waals surface area contributed by atoms with Gasteiger partial charge in [0, 0.05) is 5.69 Å². The lowest BCUT2D eigenvalue weighted by Gasteiger charge is -2.07. The van der Waals surface area contributed by atoms with Crippen molar-refractivity contribution in [1.29, 1.82) is 0 Å². The number of hydrogen-bond acceptors (Lipinski definition) is 4. The highest BCUT2D eigenvalue weighted by molar-refractivity contribution is 5.94. The molecule has 6 nitrogen and oxygen atoms in total. The molecule has 1 aromatic rings. The zero-order valence-corrected chi connectivity index (χ0v) is 9.27. The van der Waals surface area contributed by atoms with Crippen molar-refractivity contribution in [2.45, 2.75) is 6.61 Å². The van der Waals surface area contributed by atoms with Crippen LogP contribution in [0.1, 0.15) is 5.56 Å². The Morgan fingerprint density at radius 1 is 1.29 bits per heavy atom. The predicted octanol–water partition coefficient (Wildman–Crippen LogP) is -0.808. The summed E-state index contributed by atoms with van der Waals surface area (Å²) in [5.74, 6) is -0.730. The Bertz CT molecular complexity index is 407. The van der Waals surface area contributed by atoms with E-state index >= 15 is 0 Å². The number of aliphatic hydroxyl groups excluding tert-OH is 1. The normalized spacial score (nSPS) is 9.76. The minimum absolute atomic E-state index is 0.0897. The van der Waals surface area contributed by atoms with Gasteiger partial charge < -0.3 is 21.5 Å². The Morgan fingerprint density at radius 3 is 2.71 bits per heavy atom. The van der Waals surface area contributed by atoms with Gasteiger partial charge in [-0.05, 0) is 17.7 Å². The van der Waals surface area contributed by atoms with Crippen LogP contribution in [0.5, 0.6) is 0 Å². The quantitative estimate of drug-likeness (QED) is 0.537. The van der Waals surface area contributed by atoms with Gasteiger partial charge in [-0.2, -0.15) is 0 Å². The summed E-state index contributed by atoms with van der Waals surface area (Å²) < 4.78 is 0. The first-order chi connectivity index (χ1) is 8.15. The van der Waals surface area contributed by atoms with E-state index in [0.29, 0.717) is 11.3 Å². The summed E-state index contributed by atoms with van der Waals surface area (Å²) >= 11 is 0. The molecule has 0 unspecified atom stereocenters. The van der Waals surface area contributed by atoms with Gasteiger partial charge in [0.05, 0.1) is 19.7 Å². The van der Waals surface area contributed by atoms with E-state index in [0.717, 1.165) is 0 Å². The fraction of sp³-hybridized carbons (Fsp3) is 0.273. The van der Waals surface area contributed by atoms with Gasteiger partial charge in [-0.15, -0.1) is 0 Å². The monoisotopic (exact) mass is 237 g/mol. The summed E-state index contributed by atoms with van der Waals surface area (Å²) in [6.45, 7) is -0.361. The molecule has 0 saturated carbocycles. The lowest BCUT2D eigenvalue weighted by atomic mass is 10.2. The van der Waals surface area contributed by atoms with Gasteiger partial charge in [0.15, 0.2) is 0 Å². The molecule has 0 spiro atoms. The second-order valence-corrected chi connectivity index (χ2v) is 3.39. The van der Waals surface area contributed by atoms with Crippen molar-refractivity contribution in [3.8, 4) is 0 Å². The molecule has 0 saturated heterocycles. The molecule has 0 atom stereocenters. The molecule has 0 aliphatic carbocycles. The minimum atomic E-state index is -0.385. The maximum Gasteiger partial charge on any atom is 0.243 e. The average Bonchev–Trinajstić information content (AvgIpc) is 2.36. The third kappa shape index (κ3) is 4.62. The SMILES string of the molecule is NCC(=O)NCC(=O)Nc1cccc(CO)c1. The van der Waals surface area contributed by atoms with Crippen LogP contribution in [-0.4, -0.2) is 30.0 Å². The maximum absolute atomic E-state index is 11.4. The van der Waals surface area contributed by atoms with Crippen molar-refractivity contribution in [3.63, 3.8) is 0 Å². The number of carbonyl (C=O) groups excluding carboxylic acids is 2. The average molecular weight is 237 g/mol. The van der Waals surface area contributed by atoms with Crippen molar-refractivity contribution in [2.24, 2.45) is 5.73 Å². The second-order valence-electron chi connectivity index (χ2n) is 3.39. The van der Waals surface area contributed by atoms with E-state index in [1.807, 2.05) is 0 Å². The topological polar surface area (TPSA) is 104 Å². The van der Waals surface area contributed by atoms with Crippen LogP contribution in [-0.2, 0) is 16.2 Å². The molecule has 0 heterocycles. The fourth-order valence-electron chi connectivity index (χ4n) is 1.20. The Balaban J connectivity index is 2.47. The molecule has 17 heavy (non-hydrogen) atoms. The molecule has 1 aromatic carbocycles. The van der Waals surface area contributed by atoms with Gasteiger partial charge in [0.1, 0.15) is 0 Å². The van der Waals surface area contributed by atoms with E-state index in [9.17, 15) is 9.59 Å². The van der Waals surface area contributed by atoms with Crippen molar-refractivity contribution in [2.75, 3.05) is 18.4 Å². The van der Waals surface area contributed by atoms with Gasteiger partial charge in [0.25, 0.3) is 0 Å². The van der Waals surface area contributed by atoms with E-state index in [4.69, 9.17) is 10.8 Å². The molecule has 2 amide bonds. The Kier molecular flexibility index (Phi) is 5.12. The van der Waals surface area contributed by atoms with E-state index in [-0.39, 0.29) is 31.5 Å². The lowest BCUT2D eigenvalue weighted by Crippen LogP contribution is -2.36. The highest BCUT2D eigenvalue weighted by Gasteiger charge is 2.04. The van der Waals surface area contributed by atoms with E-state index < -0.39 is 0 Å². The smallest absolute Gasteiger partial charge is 0.243 e. The Hall–Kier alpha value is -1.92. The van der Waals surface area contributed by atoms with E-state index in [2.05, 4.69) is 10.6 Å². The summed E-state index contributed by atoms with van der Waals surface area (Å²) in [4.78, 5) is 22.2. The van der Waals surface area contributed by atoms with Gasteiger partial charge in [0.2, 0.25) is 11.8 Å². The highest BCUT2D eigenvalue weighted by atomic mass is 16.3. The molecule has 0 fully saturated rings. The Morgan fingerprint density at radius 2 is 2.06 bits per heavy atom.